The van der Waals surface area contributed by atoms with Gasteiger partial charge in [-0.15, -0.1) is 0 Å². The van der Waals surface area contributed by atoms with E-state index in [0.29, 0.717) is 31.8 Å². The predicted octanol–water partition coefficient (Wildman–Crippen LogP) is 7.92. The fraction of sp³-hybridized carbons (Fsp3) is 0.639. The van der Waals surface area contributed by atoms with Crippen molar-refractivity contribution in [2.75, 3.05) is 6.61 Å². The van der Waals surface area contributed by atoms with Crippen LogP contribution in [0.25, 0.3) is 0 Å². The smallest absolute Gasteiger partial charge is 0.330 e. The summed E-state index contributed by atoms with van der Waals surface area (Å²) in [6, 6.07) is 0. The summed E-state index contributed by atoms with van der Waals surface area (Å²) in [5.41, 5.74) is 2.32. The SMILES string of the molecule is C=C1C[C@H](C)C[C@@H]2CC=C[C@@H](CC=CC(=O)O[C@H]([C@H](C=C[C@@H]3CC(C)=CCO3)O[Si](C)(C)C(C)(C)C)CC=C[C@H](O)C1)O2. The van der Waals surface area contributed by atoms with Crippen molar-refractivity contribution >= 4 is 14.3 Å². The van der Waals surface area contributed by atoms with Crippen LogP contribution < -0.4 is 0 Å². The zero-order valence-corrected chi connectivity index (χ0v) is 28.6. The van der Waals surface area contributed by atoms with Gasteiger partial charge < -0.3 is 23.7 Å². The molecule has 240 valence electrons. The third kappa shape index (κ3) is 12.1. The second kappa shape index (κ2) is 16.3. The molecule has 0 aromatic rings. The fourth-order valence-corrected chi connectivity index (χ4v) is 6.75. The van der Waals surface area contributed by atoms with Crippen LogP contribution in [-0.2, 0) is 23.4 Å². The van der Waals surface area contributed by atoms with Gasteiger partial charge >= 0.3 is 5.97 Å². The molecule has 0 fully saturated rings. The molecule has 3 rings (SSSR count). The highest BCUT2D eigenvalue weighted by molar-refractivity contribution is 6.74. The minimum atomic E-state index is -2.25. The number of fused-ring (bicyclic) bond motifs is 2. The number of rotatable bonds is 5. The van der Waals surface area contributed by atoms with Gasteiger partial charge in [-0.05, 0) is 69.5 Å². The maximum atomic E-state index is 13.2. The summed E-state index contributed by atoms with van der Waals surface area (Å²) in [6.45, 7) is 20.2. The van der Waals surface area contributed by atoms with Crippen molar-refractivity contribution in [2.45, 2.75) is 134 Å². The lowest BCUT2D eigenvalue weighted by Gasteiger charge is -2.40. The molecular formula is C36H56O6Si. The molecule has 0 aromatic heterocycles. The van der Waals surface area contributed by atoms with Crippen LogP contribution in [0.3, 0.4) is 0 Å². The van der Waals surface area contributed by atoms with E-state index in [4.69, 9.17) is 18.6 Å². The van der Waals surface area contributed by atoms with Gasteiger partial charge in [-0.1, -0.05) is 94.0 Å². The van der Waals surface area contributed by atoms with Gasteiger partial charge in [0.2, 0.25) is 0 Å². The van der Waals surface area contributed by atoms with E-state index in [1.54, 1.807) is 6.08 Å². The highest BCUT2D eigenvalue weighted by atomic mass is 28.4. The summed E-state index contributed by atoms with van der Waals surface area (Å²) >= 11 is 0. The van der Waals surface area contributed by atoms with Crippen LogP contribution in [0.15, 0.2) is 72.4 Å². The zero-order chi connectivity index (χ0) is 31.6. The van der Waals surface area contributed by atoms with E-state index in [-0.39, 0.29) is 23.4 Å². The van der Waals surface area contributed by atoms with E-state index < -0.39 is 32.6 Å². The Bertz CT molecular complexity index is 1080. The first-order valence-corrected chi connectivity index (χ1v) is 19.0. The molecule has 2 bridgehead atoms. The Balaban J connectivity index is 1.89. The number of hydrogen-bond acceptors (Lipinski definition) is 6. The minimum absolute atomic E-state index is 0.0336. The average Bonchev–Trinajstić information content (AvgIpc) is 2.89. The van der Waals surface area contributed by atoms with Crippen molar-refractivity contribution in [1.82, 2.24) is 0 Å². The Morgan fingerprint density at radius 3 is 2.56 bits per heavy atom. The molecule has 7 atom stereocenters. The van der Waals surface area contributed by atoms with E-state index in [1.807, 2.05) is 18.2 Å². The van der Waals surface area contributed by atoms with Crippen LogP contribution in [0.2, 0.25) is 18.1 Å². The summed E-state index contributed by atoms with van der Waals surface area (Å²) < 4.78 is 25.3. The van der Waals surface area contributed by atoms with Gasteiger partial charge in [-0.2, -0.15) is 0 Å². The van der Waals surface area contributed by atoms with Crippen molar-refractivity contribution < 1.29 is 28.5 Å². The molecule has 0 aliphatic carbocycles. The molecule has 0 radical (unpaired) electrons. The van der Waals surface area contributed by atoms with Crippen LogP contribution in [0.5, 0.6) is 0 Å². The van der Waals surface area contributed by atoms with Crippen LogP contribution in [0.1, 0.15) is 79.6 Å². The Labute approximate surface area is 261 Å². The topological polar surface area (TPSA) is 74.2 Å². The third-order valence-corrected chi connectivity index (χ3v) is 13.4. The minimum Gasteiger partial charge on any atom is -0.456 e. The lowest BCUT2D eigenvalue weighted by Crippen LogP contribution is -2.47. The van der Waals surface area contributed by atoms with Crippen molar-refractivity contribution in [1.29, 1.82) is 0 Å². The van der Waals surface area contributed by atoms with Crippen molar-refractivity contribution in [3.05, 3.63) is 72.4 Å². The van der Waals surface area contributed by atoms with Crippen LogP contribution in [-0.4, -0.2) is 62.6 Å². The number of aliphatic hydroxyl groups is 1. The first-order chi connectivity index (χ1) is 20.2. The number of carbonyl (C=O) groups is 1. The molecule has 43 heavy (non-hydrogen) atoms. The maximum absolute atomic E-state index is 13.2. The quantitative estimate of drug-likeness (QED) is 0.193. The molecule has 6 nitrogen and oxygen atoms in total. The molecule has 0 unspecified atom stereocenters. The molecule has 0 saturated carbocycles. The second-order valence-electron chi connectivity index (χ2n) is 14.2. The third-order valence-electron chi connectivity index (χ3n) is 8.92. The largest absolute Gasteiger partial charge is 0.456 e. The maximum Gasteiger partial charge on any atom is 0.330 e. The average molecular weight is 613 g/mol. The van der Waals surface area contributed by atoms with E-state index in [0.717, 1.165) is 31.3 Å². The number of aliphatic hydroxyl groups excluding tert-OH is 1. The summed E-state index contributed by atoms with van der Waals surface area (Å²) in [4.78, 5) is 13.2. The molecule has 1 N–H and O–H groups in total. The van der Waals surface area contributed by atoms with Gasteiger partial charge in [0.1, 0.15) is 12.2 Å². The first kappa shape index (κ1) is 35.4. The standard InChI is InChI=1S/C36H56O6Si/c1-26-20-21-39-31(24-26)18-19-34(42-43(7,8)36(4,5)6)33-16-9-12-29(37)23-27(2)22-28(3)25-32-15-10-13-30(40-32)14-11-17-35(38)41-33/h9-13,17-20,28-34,37H,2,14-16,21-25H2,1,3-8H3/t28-,29-,30-,31+,32-,33-,34-/m0/s1. The van der Waals surface area contributed by atoms with Gasteiger partial charge in [-0.3, -0.25) is 0 Å². The monoisotopic (exact) mass is 612 g/mol. The summed E-state index contributed by atoms with van der Waals surface area (Å²) in [5.74, 6) is -0.00889. The lowest BCUT2D eigenvalue weighted by atomic mass is 9.91. The Hall–Kier alpha value is -2.03. The first-order valence-electron chi connectivity index (χ1n) is 16.1. The number of esters is 1. The summed E-state index contributed by atoms with van der Waals surface area (Å²) in [6.07, 6.45) is 20.8. The molecular weight excluding hydrogens is 556 g/mol. The fourth-order valence-electron chi connectivity index (χ4n) is 5.48. The lowest BCUT2D eigenvalue weighted by molar-refractivity contribution is -0.146. The van der Waals surface area contributed by atoms with Gasteiger partial charge in [-0.25, -0.2) is 4.79 Å². The molecule has 0 amide bonds. The molecule has 7 heteroatoms. The van der Waals surface area contributed by atoms with E-state index in [2.05, 4.69) is 78.6 Å². The molecule has 3 aliphatic heterocycles. The van der Waals surface area contributed by atoms with Gasteiger partial charge in [0.05, 0.1) is 31.0 Å². The number of cyclic esters (lactones) is 1. The predicted molar refractivity (Wildman–Crippen MR) is 177 cm³/mol. The molecule has 0 saturated heterocycles. The highest BCUT2D eigenvalue weighted by Crippen LogP contribution is 2.38. The van der Waals surface area contributed by atoms with E-state index in [9.17, 15) is 9.90 Å². The number of hydrogen-bond donors (Lipinski definition) is 1. The van der Waals surface area contributed by atoms with E-state index in [1.165, 1.54) is 11.6 Å². The highest BCUT2D eigenvalue weighted by Gasteiger charge is 2.41. The summed E-state index contributed by atoms with van der Waals surface area (Å²) in [5, 5.41) is 10.8. The Morgan fingerprint density at radius 1 is 1.09 bits per heavy atom. The van der Waals surface area contributed by atoms with Crippen molar-refractivity contribution in [3.63, 3.8) is 0 Å². The van der Waals surface area contributed by atoms with Crippen molar-refractivity contribution in [3.8, 4) is 0 Å². The summed E-state index contributed by atoms with van der Waals surface area (Å²) in [7, 11) is -2.25. The van der Waals surface area contributed by atoms with Gasteiger partial charge in [0.15, 0.2) is 8.32 Å². The van der Waals surface area contributed by atoms with Gasteiger partial charge in [0.25, 0.3) is 0 Å². The zero-order valence-electron chi connectivity index (χ0n) is 27.6. The molecule has 0 spiro atoms. The van der Waals surface area contributed by atoms with Crippen molar-refractivity contribution in [2.24, 2.45) is 5.92 Å². The van der Waals surface area contributed by atoms with Crippen LogP contribution >= 0.6 is 0 Å². The number of carbonyl (C=O) groups excluding carboxylic acids is 1. The second-order valence-corrected chi connectivity index (χ2v) is 18.9. The van der Waals surface area contributed by atoms with Crippen LogP contribution in [0.4, 0.5) is 0 Å². The molecule has 3 heterocycles. The Morgan fingerprint density at radius 2 is 1.84 bits per heavy atom. The van der Waals surface area contributed by atoms with Crippen LogP contribution in [0, 0.1) is 5.92 Å². The molecule has 0 aromatic carbocycles. The Kier molecular flexibility index (Phi) is 13.5. The van der Waals surface area contributed by atoms with Gasteiger partial charge in [0, 0.05) is 12.5 Å². The molecule has 3 aliphatic rings. The van der Waals surface area contributed by atoms with E-state index >= 15 is 0 Å². The normalized spacial score (nSPS) is 31.3. The number of ether oxygens (including phenoxy) is 3.